The fourth-order valence-corrected chi connectivity index (χ4v) is 2.92. The second-order valence-electron chi connectivity index (χ2n) is 5.91. The van der Waals surface area contributed by atoms with Gasteiger partial charge in [-0.1, -0.05) is 48.5 Å². The zero-order valence-corrected chi connectivity index (χ0v) is 12.7. The Kier molecular flexibility index (Phi) is 4.86. The Morgan fingerprint density at radius 1 is 1.09 bits per heavy atom. The van der Waals surface area contributed by atoms with Gasteiger partial charge in [-0.2, -0.15) is 0 Å². The normalized spacial score (nSPS) is 17.4. The molecular formula is C19H22N2O. The zero-order chi connectivity index (χ0) is 15.2. The second kappa shape index (κ2) is 7.23. The van der Waals surface area contributed by atoms with Crippen molar-refractivity contribution in [2.24, 2.45) is 5.92 Å². The average molecular weight is 294 g/mol. The standard InChI is InChI=1S/C19H22N2O/c22-19(12-16-9-10-20-13-16)21-14-15-5-4-8-18(11-15)17-6-2-1-3-7-17/h1-8,11,16,20H,9-10,12-14H2,(H,21,22). The van der Waals surface area contributed by atoms with Crippen LogP contribution >= 0.6 is 0 Å². The third-order valence-corrected chi connectivity index (χ3v) is 4.16. The first-order valence-corrected chi connectivity index (χ1v) is 7.93. The molecule has 3 nitrogen and oxygen atoms in total. The van der Waals surface area contributed by atoms with Crippen molar-refractivity contribution >= 4 is 5.91 Å². The Balaban J connectivity index is 1.57. The van der Waals surface area contributed by atoms with Crippen molar-refractivity contribution in [3.63, 3.8) is 0 Å². The van der Waals surface area contributed by atoms with E-state index in [1.54, 1.807) is 0 Å². The van der Waals surface area contributed by atoms with Crippen molar-refractivity contribution in [2.45, 2.75) is 19.4 Å². The summed E-state index contributed by atoms with van der Waals surface area (Å²) in [5, 5.41) is 6.33. The molecule has 0 spiro atoms. The van der Waals surface area contributed by atoms with E-state index in [-0.39, 0.29) is 5.91 Å². The Morgan fingerprint density at radius 3 is 2.68 bits per heavy atom. The van der Waals surface area contributed by atoms with E-state index < -0.39 is 0 Å². The van der Waals surface area contributed by atoms with Gasteiger partial charge in [0.1, 0.15) is 0 Å². The van der Waals surface area contributed by atoms with E-state index in [1.165, 1.54) is 11.1 Å². The molecule has 1 heterocycles. The first kappa shape index (κ1) is 14.8. The fraction of sp³-hybridized carbons (Fsp3) is 0.316. The summed E-state index contributed by atoms with van der Waals surface area (Å²) >= 11 is 0. The Morgan fingerprint density at radius 2 is 1.91 bits per heavy atom. The number of carbonyl (C=O) groups is 1. The molecule has 3 heteroatoms. The maximum atomic E-state index is 12.0. The fourth-order valence-electron chi connectivity index (χ4n) is 2.92. The van der Waals surface area contributed by atoms with Crippen LogP contribution < -0.4 is 10.6 Å². The average Bonchev–Trinajstić information content (AvgIpc) is 3.07. The Bertz CT molecular complexity index is 618. The van der Waals surface area contributed by atoms with E-state index in [9.17, 15) is 4.79 Å². The highest BCUT2D eigenvalue weighted by atomic mass is 16.1. The van der Waals surface area contributed by atoms with Crippen LogP contribution in [-0.2, 0) is 11.3 Å². The van der Waals surface area contributed by atoms with Gasteiger partial charge in [0, 0.05) is 13.0 Å². The molecule has 1 saturated heterocycles. The highest BCUT2D eigenvalue weighted by molar-refractivity contribution is 5.76. The number of amides is 1. The van der Waals surface area contributed by atoms with E-state index in [0.29, 0.717) is 18.9 Å². The van der Waals surface area contributed by atoms with Gasteiger partial charge in [0.25, 0.3) is 0 Å². The smallest absolute Gasteiger partial charge is 0.220 e. The molecule has 2 aromatic carbocycles. The van der Waals surface area contributed by atoms with E-state index >= 15 is 0 Å². The van der Waals surface area contributed by atoms with Crippen LogP contribution in [0.2, 0.25) is 0 Å². The molecule has 0 radical (unpaired) electrons. The van der Waals surface area contributed by atoms with Crippen molar-refractivity contribution in [3.8, 4) is 11.1 Å². The molecule has 2 aromatic rings. The van der Waals surface area contributed by atoms with Crippen molar-refractivity contribution < 1.29 is 4.79 Å². The van der Waals surface area contributed by atoms with E-state index in [2.05, 4.69) is 41.0 Å². The highest BCUT2D eigenvalue weighted by Gasteiger charge is 2.17. The van der Waals surface area contributed by atoms with Crippen LogP contribution in [0.25, 0.3) is 11.1 Å². The van der Waals surface area contributed by atoms with Gasteiger partial charge in [0.15, 0.2) is 0 Å². The molecular weight excluding hydrogens is 272 g/mol. The predicted molar refractivity (Wildman–Crippen MR) is 89.3 cm³/mol. The van der Waals surface area contributed by atoms with Crippen LogP contribution in [0.1, 0.15) is 18.4 Å². The van der Waals surface area contributed by atoms with Gasteiger partial charge in [0.2, 0.25) is 5.91 Å². The molecule has 22 heavy (non-hydrogen) atoms. The molecule has 0 aliphatic carbocycles. The number of nitrogens with one attached hydrogen (secondary N) is 2. The third kappa shape index (κ3) is 3.95. The van der Waals surface area contributed by atoms with Crippen molar-refractivity contribution in [2.75, 3.05) is 13.1 Å². The van der Waals surface area contributed by atoms with E-state index in [4.69, 9.17) is 0 Å². The lowest BCUT2D eigenvalue weighted by Crippen LogP contribution is -2.25. The third-order valence-electron chi connectivity index (χ3n) is 4.16. The maximum Gasteiger partial charge on any atom is 0.220 e. The zero-order valence-electron chi connectivity index (χ0n) is 12.7. The molecule has 0 aromatic heterocycles. The van der Waals surface area contributed by atoms with Gasteiger partial charge in [-0.25, -0.2) is 0 Å². The largest absolute Gasteiger partial charge is 0.352 e. The molecule has 114 valence electrons. The maximum absolute atomic E-state index is 12.0. The van der Waals surface area contributed by atoms with E-state index in [1.807, 2.05) is 24.3 Å². The molecule has 2 N–H and O–H groups in total. The summed E-state index contributed by atoms with van der Waals surface area (Å²) < 4.78 is 0. The van der Waals surface area contributed by atoms with Crippen LogP contribution in [0.5, 0.6) is 0 Å². The summed E-state index contributed by atoms with van der Waals surface area (Å²) in [5.74, 6) is 0.648. The Hall–Kier alpha value is -2.13. The summed E-state index contributed by atoms with van der Waals surface area (Å²) in [7, 11) is 0. The minimum atomic E-state index is 0.152. The minimum absolute atomic E-state index is 0.152. The summed E-state index contributed by atoms with van der Waals surface area (Å²) in [4.78, 5) is 12.0. The summed E-state index contributed by atoms with van der Waals surface area (Å²) in [5.41, 5.74) is 3.53. The topological polar surface area (TPSA) is 41.1 Å². The lowest BCUT2D eigenvalue weighted by molar-refractivity contribution is -0.122. The monoisotopic (exact) mass is 294 g/mol. The van der Waals surface area contributed by atoms with Gasteiger partial charge in [-0.15, -0.1) is 0 Å². The molecule has 0 saturated carbocycles. The quantitative estimate of drug-likeness (QED) is 0.890. The first-order chi connectivity index (χ1) is 10.8. The number of hydrogen-bond donors (Lipinski definition) is 2. The van der Waals surface area contributed by atoms with Crippen molar-refractivity contribution in [3.05, 3.63) is 60.2 Å². The molecule has 1 fully saturated rings. The van der Waals surface area contributed by atoms with Gasteiger partial charge in [-0.3, -0.25) is 4.79 Å². The number of carbonyl (C=O) groups excluding carboxylic acids is 1. The summed E-state index contributed by atoms with van der Waals surface area (Å²) in [6.45, 7) is 2.60. The highest BCUT2D eigenvalue weighted by Crippen LogP contribution is 2.20. The van der Waals surface area contributed by atoms with Crippen LogP contribution in [0.3, 0.4) is 0 Å². The first-order valence-electron chi connectivity index (χ1n) is 7.93. The Labute approximate surface area is 131 Å². The molecule has 0 bridgehead atoms. The van der Waals surface area contributed by atoms with Crippen molar-refractivity contribution in [1.82, 2.24) is 10.6 Å². The molecule has 1 atom stereocenters. The van der Waals surface area contributed by atoms with Crippen molar-refractivity contribution in [1.29, 1.82) is 0 Å². The van der Waals surface area contributed by atoms with Crippen LogP contribution in [0.4, 0.5) is 0 Å². The number of rotatable bonds is 5. The SMILES string of the molecule is O=C(CC1CCNC1)NCc1cccc(-c2ccccc2)c1. The lowest BCUT2D eigenvalue weighted by atomic mass is 10.0. The summed E-state index contributed by atoms with van der Waals surface area (Å²) in [6.07, 6.45) is 1.74. The minimum Gasteiger partial charge on any atom is -0.352 e. The van der Waals surface area contributed by atoms with Crippen LogP contribution in [0, 0.1) is 5.92 Å². The van der Waals surface area contributed by atoms with Gasteiger partial charge in [0.05, 0.1) is 0 Å². The number of benzene rings is 2. The summed E-state index contributed by atoms with van der Waals surface area (Å²) in [6, 6.07) is 18.7. The van der Waals surface area contributed by atoms with Gasteiger partial charge >= 0.3 is 0 Å². The lowest BCUT2D eigenvalue weighted by Gasteiger charge is -2.10. The molecule has 3 rings (SSSR count). The molecule has 1 aliphatic rings. The molecule has 1 aliphatic heterocycles. The predicted octanol–water partition coefficient (Wildman–Crippen LogP) is 2.97. The van der Waals surface area contributed by atoms with Gasteiger partial charge in [-0.05, 0) is 48.2 Å². The molecule has 1 unspecified atom stereocenters. The van der Waals surface area contributed by atoms with Crippen LogP contribution in [-0.4, -0.2) is 19.0 Å². The van der Waals surface area contributed by atoms with E-state index in [0.717, 1.165) is 25.1 Å². The van der Waals surface area contributed by atoms with Crippen LogP contribution in [0.15, 0.2) is 54.6 Å². The van der Waals surface area contributed by atoms with Gasteiger partial charge < -0.3 is 10.6 Å². The molecule has 1 amide bonds. The number of hydrogen-bond acceptors (Lipinski definition) is 2. The second-order valence-corrected chi connectivity index (χ2v) is 5.91.